The first-order chi connectivity index (χ1) is 15.4. The molecule has 3 rings (SSSR count). The molecule has 0 bridgehead atoms. The van der Waals surface area contributed by atoms with Crippen molar-refractivity contribution >= 4 is 37.8 Å². The Bertz CT molecular complexity index is 1140. The third-order valence-corrected chi connectivity index (χ3v) is 9.16. The molecule has 0 radical (unpaired) electrons. The Morgan fingerprint density at radius 3 is 2.03 bits per heavy atom. The molecule has 1 atom stereocenters. The maximum Gasteiger partial charge on any atom is 0.330 e. The number of carbonyl (C=O) groups is 2. The van der Waals surface area contributed by atoms with Crippen LogP contribution >= 0.6 is 15.9 Å². The van der Waals surface area contributed by atoms with Crippen molar-refractivity contribution in [2.45, 2.75) is 51.5 Å². The fraction of sp³-hybridized carbons (Fsp3) is 0.417. The molecule has 9 heteroatoms. The molecular weight excluding hydrogens is 508 g/mol. The lowest BCUT2D eigenvalue weighted by molar-refractivity contribution is -0.142. The molecule has 0 spiro atoms. The first kappa shape index (κ1) is 25.4. The van der Waals surface area contributed by atoms with Gasteiger partial charge in [-0.1, -0.05) is 34.1 Å². The summed E-state index contributed by atoms with van der Waals surface area (Å²) >= 11 is 3.31. The number of sulfonamides is 1. The maximum absolute atomic E-state index is 13.4. The Labute approximate surface area is 203 Å². The topological polar surface area (TPSA) is 104 Å². The summed E-state index contributed by atoms with van der Waals surface area (Å²) in [6.07, 6.45) is 0.668. The van der Waals surface area contributed by atoms with E-state index >= 15 is 0 Å². The zero-order valence-corrected chi connectivity index (χ0v) is 21.6. The lowest BCUT2D eigenvalue weighted by Crippen LogP contribution is -2.45. The predicted octanol–water partition coefficient (Wildman–Crippen LogP) is 4.03. The van der Waals surface area contributed by atoms with E-state index in [0.29, 0.717) is 23.3 Å². The number of piperidine rings is 1. The van der Waals surface area contributed by atoms with Crippen molar-refractivity contribution < 1.29 is 23.1 Å². The number of benzene rings is 2. The Hall–Kier alpha value is -2.23. The quantitative estimate of drug-likeness (QED) is 0.580. The summed E-state index contributed by atoms with van der Waals surface area (Å²) in [7, 11) is -3.70. The van der Waals surface area contributed by atoms with Crippen LogP contribution in [-0.2, 0) is 19.6 Å². The number of rotatable bonds is 6. The van der Waals surface area contributed by atoms with Gasteiger partial charge in [0.05, 0.1) is 4.90 Å². The van der Waals surface area contributed by atoms with E-state index < -0.39 is 28.0 Å². The molecular formula is C24H29BrN2O5S. The molecule has 1 heterocycles. The number of carboxylic acid groups (broad SMARTS) is 1. The summed E-state index contributed by atoms with van der Waals surface area (Å²) in [5.41, 5.74) is 3.82. The third-order valence-electron chi connectivity index (χ3n) is 6.46. The average molecular weight is 537 g/mol. The molecule has 2 aromatic carbocycles. The molecule has 0 aromatic heterocycles. The van der Waals surface area contributed by atoms with Crippen LogP contribution < -0.4 is 5.32 Å². The van der Waals surface area contributed by atoms with Gasteiger partial charge in [-0.25, -0.2) is 13.2 Å². The molecule has 1 fully saturated rings. The van der Waals surface area contributed by atoms with E-state index in [1.54, 1.807) is 24.3 Å². The molecule has 1 aliphatic heterocycles. The van der Waals surface area contributed by atoms with Crippen LogP contribution in [0.15, 0.2) is 39.7 Å². The van der Waals surface area contributed by atoms with Crippen LogP contribution in [0.1, 0.15) is 46.7 Å². The minimum atomic E-state index is -3.70. The monoisotopic (exact) mass is 536 g/mol. The molecule has 1 saturated heterocycles. The average Bonchev–Trinajstić information content (AvgIpc) is 2.76. The van der Waals surface area contributed by atoms with E-state index in [1.165, 1.54) is 4.31 Å². The van der Waals surface area contributed by atoms with Gasteiger partial charge in [0.15, 0.2) is 6.04 Å². The second-order valence-electron chi connectivity index (χ2n) is 8.60. The number of nitrogens with zero attached hydrogens (tertiary/aromatic N) is 1. The molecule has 0 aliphatic carbocycles. The van der Waals surface area contributed by atoms with Crippen molar-refractivity contribution in [3.63, 3.8) is 0 Å². The van der Waals surface area contributed by atoms with Gasteiger partial charge in [0, 0.05) is 23.5 Å². The van der Waals surface area contributed by atoms with E-state index in [9.17, 15) is 23.1 Å². The van der Waals surface area contributed by atoms with Gasteiger partial charge in [-0.05, 0) is 80.5 Å². The van der Waals surface area contributed by atoms with Crippen LogP contribution in [0.4, 0.5) is 0 Å². The van der Waals surface area contributed by atoms with Gasteiger partial charge in [-0.2, -0.15) is 4.31 Å². The molecule has 1 unspecified atom stereocenters. The minimum Gasteiger partial charge on any atom is -0.479 e. The van der Waals surface area contributed by atoms with E-state index in [2.05, 4.69) is 21.2 Å². The van der Waals surface area contributed by atoms with Crippen molar-refractivity contribution in [1.29, 1.82) is 0 Å². The van der Waals surface area contributed by atoms with Gasteiger partial charge in [-0.3, -0.25) is 4.79 Å². The van der Waals surface area contributed by atoms with E-state index in [0.717, 1.165) is 26.7 Å². The number of hydrogen-bond donors (Lipinski definition) is 2. The summed E-state index contributed by atoms with van der Waals surface area (Å²) in [5.74, 6) is -1.97. The van der Waals surface area contributed by atoms with Gasteiger partial charge in [0.1, 0.15) is 0 Å². The fourth-order valence-electron chi connectivity index (χ4n) is 4.26. The highest BCUT2D eigenvalue weighted by atomic mass is 79.9. The number of aliphatic carboxylic acids is 1. The Morgan fingerprint density at radius 1 is 1.03 bits per heavy atom. The molecule has 1 aliphatic rings. The van der Waals surface area contributed by atoms with E-state index in [-0.39, 0.29) is 19.0 Å². The van der Waals surface area contributed by atoms with Gasteiger partial charge in [0.2, 0.25) is 15.9 Å². The second-order valence-corrected chi connectivity index (χ2v) is 11.4. The number of amides is 1. The molecule has 2 aromatic rings. The molecule has 2 N–H and O–H groups in total. The van der Waals surface area contributed by atoms with Crippen LogP contribution in [0.5, 0.6) is 0 Å². The highest BCUT2D eigenvalue weighted by molar-refractivity contribution is 9.10. The number of carbonyl (C=O) groups excluding carboxylic acids is 1. The molecule has 33 heavy (non-hydrogen) atoms. The van der Waals surface area contributed by atoms with Crippen molar-refractivity contribution in [3.8, 4) is 0 Å². The molecule has 0 saturated carbocycles. The van der Waals surface area contributed by atoms with Crippen LogP contribution in [0.3, 0.4) is 0 Å². The molecule has 7 nitrogen and oxygen atoms in total. The number of carboxylic acids is 1. The zero-order valence-electron chi connectivity index (χ0n) is 19.2. The normalized spacial score (nSPS) is 16.4. The Morgan fingerprint density at radius 2 is 1.55 bits per heavy atom. The first-order valence-corrected chi connectivity index (χ1v) is 13.0. The van der Waals surface area contributed by atoms with E-state index in [4.69, 9.17) is 0 Å². The van der Waals surface area contributed by atoms with Crippen LogP contribution in [0.2, 0.25) is 0 Å². The third kappa shape index (κ3) is 5.31. The maximum atomic E-state index is 13.4. The smallest absolute Gasteiger partial charge is 0.330 e. The van der Waals surface area contributed by atoms with Crippen LogP contribution in [0, 0.1) is 33.6 Å². The van der Waals surface area contributed by atoms with Gasteiger partial charge >= 0.3 is 5.97 Å². The number of nitrogens with one attached hydrogen (secondary N) is 1. The van der Waals surface area contributed by atoms with Crippen molar-refractivity contribution in [2.75, 3.05) is 13.1 Å². The highest BCUT2D eigenvalue weighted by Gasteiger charge is 2.35. The van der Waals surface area contributed by atoms with Crippen LogP contribution in [-0.4, -0.2) is 42.8 Å². The zero-order chi connectivity index (χ0) is 24.5. The largest absolute Gasteiger partial charge is 0.479 e. The summed E-state index contributed by atoms with van der Waals surface area (Å²) in [6.45, 7) is 7.87. The first-order valence-electron chi connectivity index (χ1n) is 10.8. The standard InChI is InChI=1S/C24H29BrN2O5S/c1-14-13-15(2)17(4)22(16(14)3)33(31,32)27-11-9-19(10-12-27)23(28)26-21(24(29)30)18-5-7-20(25)8-6-18/h5-8,13,19,21H,9-12H2,1-4H3,(H,26,28)(H,29,30). The van der Waals surface area contributed by atoms with Crippen molar-refractivity contribution in [1.82, 2.24) is 9.62 Å². The van der Waals surface area contributed by atoms with Gasteiger partial charge in [-0.15, -0.1) is 0 Å². The molecule has 178 valence electrons. The Balaban J connectivity index is 1.72. The summed E-state index contributed by atoms with van der Waals surface area (Å²) in [4.78, 5) is 24.9. The number of halogens is 1. The summed E-state index contributed by atoms with van der Waals surface area (Å²) < 4.78 is 29.1. The summed E-state index contributed by atoms with van der Waals surface area (Å²) in [5, 5.41) is 12.2. The van der Waals surface area contributed by atoms with Gasteiger partial charge < -0.3 is 10.4 Å². The lowest BCUT2D eigenvalue weighted by Gasteiger charge is -2.32. The van der Waals surface area contributed by atoms with Crippen molar-refractivity contribution in [2.24, 2.45) is 5.92 Å². The highest BCUT2D eigenvalue weighted by Crippen LogP contribution is 2.31. The number of aryl methyl sites for hydroxylation is 2. The SMILES string of the molecule is Cc1cc(C)c(C)c(S(=O)(=O)N2CCC(C(=O)NC(C(=O)O)c3ccc(Br)cc3)CC2)c1C. The minimum absolute atomic E-state index is 0.211. The van der Waals surface area contributed by atoms with Crippen molar-refractivity contribution in [3.05, 3.63) is 62.6 Å². The fourth-order valence-corrected chi connectivity index (χ4v) is 6.57. The number of hydrogen-bond acceptors (Lipinski definition) is 4. The Kier molecular flexibility index (Phi) is 7.65. The van der Waals surface area contributed by atoms with Crippen LogP contribution in [0.25, 0.3) is 0 Å². The van der Waals surface area contributed by atoms with Gasteiger partial charge in [0.25, 0.3) is 0 Å². The second kappa shape index (κ2) is 9.95. The predicted molar refractivity (Wildman–Crippen MR) is 130 cm³/mol. The lowest BCUT2D eigenvalue weighted by atomic mass is 9.96. The summed E-state index contributed by atoms with van der Waals surface area (Å²) in [6, 6.07) is 7.56. The molecule has 1 amide bonds. The van der Waals surface area contributed by atoms with E-state index in [1.807, 2.05) is 33.8 Å².